The first-order chi connectivity index (χ1) is 26.5. The number of nitrogens with zero attached hydrogens (tertiary/aromatic N) is 1. The fraction of sp³-hybridized carbons (Fsp3) is 0.609. The first-order valence-corrected chi connectivity index (χ1v) is 21.4. The lowest BCUT2D eigenvalue weighted by Gasteiger charge is -2.44. The predicted molar refractivity (Wildman–Crippen MR) is 222 cm³/mol. The van der Waals surface area contributed by atoms with E-state index in [1.807, 2.05) is 13.8 Å². The predicted octanol–water partition coefficient (Wildman–Crippen LogP) is 10.6. The van der Waals surface area contributed by atoms with E-state index in [1.54, 1.807) is 24.8 Å². The van der Waals surface area contributed by atoms with Crippen molar-refractivity contribution in [3.8, 4) is 17.2 Å². The Balaban J connectivity index is 0.000000191. The lowest BCUT2D eigenvalue weighted by atomic mass is 9.60. The van der Waals surface area contributed by atoms with Gasteiger partial charge < -0.3 is 29.5 Å². The van der Waals surface area contributed by atoms with Gasteiger partial charge >= 0.3 is 0 Å². The second-order valence-corrected chi connectivity index (χ2v) is 18.6. The molecule has 0 amide bonds. The van der Waals surface area contributed by atoms with Crippen molar-refractivity contribution in [3.05, 3.63) is 81.1 Å². The van der Waals surface area contributed by atoms with Crippen molar-refractivity contribution in [1.29, 1.82) is 0 Å². The van der Waals surface area contributed by atoms with E-state index < -0.39 is 23.6 Å². The maximum absolute atomic E-state index is 13.0. The summed E-state index contributed by atoms with van der Waals surface area (Å²) in [6, 6.07) is 3.42. The number of carbonyl (C=O) groups is 1. The number of benzene rings is 1. The fourth-order valence-corrected chi connectivity index (χ4v) is 10.7. The van der Waals surface area contributed by atoms with Gasteiger partial charge in [0.1, 0.15) is 0 Å². The number of hydrogen-bond acceptors (Lipinski definition) is 8. The molecule has 6 atom stereocenters. The van der Waals surface area contributed by atoms with Crippen LogP contribution in [-0.4, -0.2) is 56.8 Å². The number of Topliss-reactive ketones (excluding diaryl/α,β-unsaturated/α-hetero) is 1. The maximum Gasteiger partial charge on any atom is 0.251 e. The third kappa shape index (κ3) is 9.36. The van der Waals surface area contributed by atoms with Crippen LogP contribution >= 0.6 is 23.2 Å². The fourth-order valence-electron chi connectivity index (χ4n) is 10.2. The molecular weight excluding hydrogens is 749 g/mol. The number of pyridine rings is 1. The molecule has 1 spiro atoms. The largest absolute Gasteiger partial charge is 0.493 e. The summed E-state index contributed by atoms with van der Waals surface area (Å²) in [7, 11) is 1.57. The average molecular weight is 811 g/mol. The molecule has 0 unspecified atom stereocenters. The number of ether oxygens (including phenoxy) is 3. The smallest absolute Gasteiger partial charge is 0.251 e. The molecule has 0 bridgehead atoms. The van der Waals surface area contributed by atoms with Crippen LogP contribution < -0.4 is 14.2 Å². The molecule has 8 nitrogen and oxygen atoms in total. The zero-order chi connectivity index (χ0) is 40.4. The van der Waals surface area contributed by atoms with Crippen LogP contribution in [-0.2, 0) is 6.42 Å². The zero-order valence-corrected chi connectivity index (χ0v) is 35.4. The van der Waals surface area contributed by atoms with E-state index >= 15 is 0 Å². The highest BCUT2D eigenvalue weighted by molar-refractivity contribution is 6.36. The number of hydrogen-bond donors (Lipinski definition) is 3. The summed E-state index contributed by atoms with van der Waals surface area (Å²) in [5.41, 5.74) is 4.15. The van der Waals surface area contributed by atoms with Crippen LogP contribution in [0.2, 0.25) is 10.0 Å². The molecular formula is C46H61Cl2NO7. The van der Waals surface area contributed by atoms with Crippen molar-refractivity contribution in [1.82, 2.24) is 4.98 Å². The number of aliphatic hydroxyl groups excluding tert-OH is 2. The first-order valence-electron chi connectivity index (χ1n) is 20.6. The molecule has 0 radical (unpaired) electrons. The summed E-state index contributed by atoms with van der Waals surface area (Å²) in [4.78, 5) is 16.9. The molecule has 1 aromatic heterocycles. The molecule has 56 heavy (non-hydrogen) atoms. The molecule has 10 heteroatoms. The number of ketones is 1. The first kappa shape index (κ1) is 42.7. The molecule has 2 heterocycles. The highest BCUT2D eigenvalue weighted by Crippen LogP contribution is 2.60. The van der Waals surface area contributed by atoms with Crippen LogP contribution in [0.1, 0.15) is 134 Å². The lowest BCUT2D eigenvalue weighted by molar-refractivity contribution is -0.0724. The van der Waals surface area contributed by atoms with Crippen LogP contribution in [0.5, 0.6) is 17.2 Å². The maximum atomic E-state index is 13.0. The van der Waals surface area contributed by atoms with Crippen molar-refractivity contribution < 1.29 is 34.3 Å². The second-order valence-electron chi connectivity index (χ2n) is 17.8. The Morgan fingerprint density at radius 1 is 1.07 bits per heavy atom. The number of methoxy groups -OCH3 is 1. The highest BCUT2D eigenvalue weighted by Gasteiger charge is 2.51. The number of aliphatic hydroxyl groups is 3. The summed E-state index contributed by atoms with van der Waals surface area (Å²) in [6.07, 6.45) is 20.5. The summed E-state index contributed by atoms with van der Waals surface area (Å²) in [6.45, 7) is 12.8. The Bertz CT molecular complexity index is 1810. The van der Waals surface area contributed by atoms with Gasteiger partial charge in [0.25, 0.3) is 5.79 Å². The van der Waals surface area contributed by atoms with E-state index in [4.69, 9.17) is 37.4 Å². The second kappa shape index (κ2) is 17.5. The molecule has 0 saturated heterocycles. The minimum atomic E-state index is -0.683. The van der Waals surface area contributed by atoms with Crippen LogP contribution in [0.15, 0.2) is 60.0 Å². The van der Waals surface area contributed by atoms with Crippen LogP contribution in [0.25, 0.3) is 0 Å². The molecule has 1 aromatic carbocycles. The van der Waals surface area contributed by atoms with E-state index in [0.717, 1.165) is 55.6 Å². The Hall–Kier alpha value is -2.88. The van der Waals surface area contributed by atoms with Gasteiger partial charge in [0.05, 0.1) is 40.5 Å². The van der Waals surface area contributed by atoms with E-state index in [2.05, 4.69) is 37.6 Å². The minimum absolute atomic E-state index is 0.0509. The number of fused-ring (bicyclic) bond motifs is 2. The molecule has 5 aliphatic rings. The molecule has 3 N–H and O–H groups in total. The SMILES string of the molecule is C=C1/C(=C\C=C2/CCC[C@]3(C)[C@@H]([C@H](C)CCCC(C)(C)O)CC[C@@H]23)C[C@@H](O)C[C@@H]1O.COc1ccc(C(=O)Cc2c(Cl)cncc2Cl)c2c1OC1(CCCC1)O2. The third-order valence-electron chi connectivity index (χ3n) is 13.3. The van der Waals surface area contributed by atoms with E-state index in [-0.39, 0.29) is 12.2 Å². The highest BCUT2D eigenvalue weighted by atomic mass is 35.5. The van der Waals surface area contributed by atoms with Crippen LogP contribution in [0.3, 0.4) is 0 Å². The molecule has 306 valence electrons. The van der Waals surface area contributed by atoms with Gasteiger partial charge in [-0.3, -0.25) is 9.78 Å². The van der Waals surface area contributed by atoms with Crippen molar-refractivity contribution in [2.45, 2.75) is 148 Å². The Labute approximate surface area is 343 Å². The topological polar surface area (TPSA) is 118 Å². The van der Waals surface area contributed by atoms with E-state index in [0.29, 0.717) is 68.5 Å². The summed E-state index contributed by atoms with van der Waals surface area (Å²) in [5, 5.41) is 30.9. The summed E-state index contributed by atoms with van der Waals surface area (Å²) >= 11 is 12.3. The lowest BCUT2D eigenvalue weighted by Crippen LogP contribution is -2.36. The number of allylic oxidation sites excluding steroid dienone is 3. The summed E-state index contributed by atoms with van der Waals surface area (Å²) in [5.74, 6) is 2.76. The average Bonchev–Trinajstić information content (AvgIpc) is 3.86. The molecule has 2 aromatic rings. The van der Waals surface area contributed by atoms with Crippen molar-refractivity contribution >= 4 is 29.0 Å². The molecule has 4 fully saturated rings. The molecule has 7 rings (SSSR count). The van der Waals surface area contributed by atoms with Crippen molar-refractivity contribution in [2.75, 3.05) is 7.11 Å². The molecule has 4 aliphatic carbocycles. The minimum Gasteiger partial charge on any atom is -0.493 e. The van der Waals surface area contributed by atoms with Gasteiger partial charge in [0.2, 0.25) is 5.75 Å². The standard InChI is InChI=1S/C27H44O3.C19H17Cl2NO4/c1-18(8-6-14-26(3,4)30)23-12-13-24-20(9-7-15-27(23,24)5)10-11-21-16-22(28)17-25(29)19(21)2;1-24-16-5-4-11(15(23)8-12-13(20)9-22-10-14(12)21)17-18(16)26-19(25-17)6-2-3-7-19/h10-11,18,22-25,28-30H,2,6-9,12-17H2,1,3-5H3;4-5,9-10H,2-3,6-8H2,1H3/b20-10+,21-11-;/t18-,22-,23-,24+,25+,27-;/m1./s1. The number of halogens is 2. The van der Waals surface area contributed by atoms with E-state index in [9.17, 15) is 20.1 Å². The Morgan fingerprint density at radius 3 is 2.45 bits per heavy atom. The number of carbonyl (C=O) groups excluding carboxylic acids is 1. The third-order valence-corrected chi connectivity index (χ3v) is 13.9. The Morgan fingerprint density at radius 2 is 1.77 bits per heavy atom. The van der Waals surface area contributed by atoms with Gasteiger partial charge in [-0.1, -0.05) is 74.2 Å². The normalized spacial score (nSPS) is 28.6. The number of rotatable bonds is 10. The summed E-state index contributed by atoms with van der Waals surface area (Å²) < 4.78 is 17.6. The van der Waals surface area contributed by atoms with Gasteiger partial charge in [-0.05, 0) is 118 Å². The Kier molecular flexibility index (Phi) is 13.4. The quantitative estimate of drug-likeness (QED) is 0.203. The van der Waals surface area contributed by atoms with Crippen molar-refractivity contribution in [3.63, 3.8) is 0 Å². The molecule has 1 aliphatic heterocycles. The van der Waals surface area contributed by atoms with Gasteiger partial charge in [0.15, 0.2) is 17.3 Å². The van der Waals surface area contributed by atoms with Gasteiger partial charge in [0, 0.05) is 43.6 Å². The molecule has 4 saturated carbocycles. The van der Waals surface area contributed by atoms with Gasteiger partial charge in [-0.25, -0.2) is 0 Å². The van der Waals surface area contributed by atoms with Crippen LogP contribution in [0, 0.1) is 23.2 Å². The monoisotopic (exact) mass is 809 g/mol. The van der Waals surface area contributed by atoms with E-state index in [1.165, 1.54) is 50.9 Å². The zero-order valence-electron chi connectivity index (χ0n) is 33.8. The number of aromatic nitrogens is 1. The van der Waals surface area contributed by atoms with Gasteiger partial charge in [-0.2, -0.15) is 0 Å². The van der Waals surface area contributed by atoms with Crippen molar-refractivity contribution in [2.24, 2.45) is 23.2 Å². The van der Waals surface area contributed by atoms with Gasteiger partial charge in [-0.15, -0.1) is 0 Å². The van der Waals surface area contributed by atoms with Crippen LogP contribution in [0.4, 0.5) is 0 Å².